The number of hydrogen-bond acceptors (Lipinski definition) is 5. The molecule has 6 heteroatoms. The molecule has 0 radical (unpaired) electrons. The van der Waals surface area contributed by atoms with Crippen molar-refractivity contribution >= 4 is 11.9 Å². The smallest absolute Gasteiger partial charge is 0.306 e. The van der Waals surface area contributed by atoms with Crippen molar-refractivity contribution in [2.24, 2.45) is 0 Å². The van der Waals surface area contributed by atoms with Crippen LogP contribution in [0.5, 0.6) is 0 Å². The number of ether oxygens (including phenoxy) is 1. The lowest BCUT2D eigenvalue weighted by molar-refractivity contribution is -0.151. The summed E-state index contributed by atoms with van der Waals surface area (Å²) in [5, 5.41) is 23.7. The zero-order chi connectivity index (χ0) is 43.8. The summed E-state index contributed by atoms with van der Waals surface area (Å²) in [6, 6.07) is -0.724. The maximum Gasteiger partial charge on any atom is 0.306 e. The van der Waals surface area contributed by atoms with E-state index in [9.17, 15) is 19.8 Å². The van der Waals surface area contributed by atoms with E-state index in [0.29, 0.717) is 19.3 Å². The van der Waals surface area contributed by atoms with Crippen LogP contribution in [0.4, 0.5) is 0 Å². The van der Waals surface area contributed by atoms with Gasteiger partial charge in [-0.1, -0.05) is 221 Å². The molecule has 0 heterocycles. The Kier molecular flexibility index (Phi) is 44.3. The van der Waals surface area contributed by atoms with Crippen LogP contribution in [-0.4, -0.2) is 46.9 Å². The number of aliphatic hydroxyl groups excluding tert-OH is 2. The quantitative estimate of drug-likeness (QED) is 0.0323. The van der Waals surface area contributed by atoms with E-state index >= 15 is 0 Å². The number of rotatable bonds is 42. The molecule has 0 aromatic rings. The van der Waals surface area contributed by atoms with Crippen LogP contribution in [0.15, 0.2) is 97.2 Å². The highest BCUT2D eigenvalue weighted by atomic mass is 16.5. The van der Waals surface area contributed by atoms with E-state index in [-0.39, 0.29) is 24.9 Å². The van der Waals surface area contributed by atoms with E-state index in [1.165, 1.54) is 64.2 Å². The van der Waals surface area contributed by atoms with Crippen molar-refractivity contribution in [3.8, 4) is 0 Å². The first kappa shape index (κ1) is 56.8. The molecule has 0 rings (SSSR count). The number of esters is 1. The lowest BCUT2D eigenvalue weighted by Gasteiger charge is -2.24. The van der Waals surface area contributed by atoms with Crippen LogP contribution in [0.3, 0.4) is 0 Å². The molecule has 0 aliphatic carbocycles. The highest BCUT2D eigenvalue weighted by Gasteiger charge is 2.24. The highest BCUT2D eigenvalue weighted by Crippen LogP contribution is 2.17. The van der Waals surface area contributed by atoms with Crippen LogP contribution in [0, 0.1) is 0 Å². The molecule has 0 bridgehead atoms. The Morgan fingerprint density at radius 2 is 0.900 bits per heavy atom. The minimum absolute atomic E-state index is 0.0360. The second-order valence-electron chi connectivity index (χ2n) is 16.3. The average molecular weight is 834 g/mol. The van der Waals surface area contributed by atoms with Crippen LogP contribution >= 0.6 is 0 Å². The Hall–Kier alpha value is -3.22. The molecule has 0 aliphatic heterocycles. The number of allylic oxidation sites excluding steroid dienone is 16. The summed E-state index contributed by atoms with van der Waals surface area (Å²) < 4.78 is 5.90. The maximum atomic E-state index is 13.2. The van der Waals surface area contributed by atoms with Gasteiger partial charge in [0.25, 0.3) is 0 Å². The standard InChI is InChI=1S/C54H91NO5/c1-4-7-10-13-16-19-22-24-26-28-29-31-33-36-39-42-45-50(60-54(59)47-44-41-38-35-32-30-27-25-23-20-17-14-11-8-5-2)48-53(58)55-51(49-56)52(57)46-43-40-37-34-21-18-15-12-9-6-3/h8,11,14,16-17,19-20,22-29,31,50-52,56-57H,4-7,9-10,12-13,15,18,21,30,32-49H2,1-3H3,(H,55,58)/b11-8+,17-14+,19-16+,23-20+,24-22+,27-25-,28-26+,31-29+. The van der Waals surface area contributed by atoms with E-state index in [0.717, 1.165) is 96.3 Å². The van der Waals surface area contributed by atoms with Gasteiger partial charge < -0.3 is 20.3 Å². The van der Waals surface area contributed by atoms with Crippen LogP contribution in [-0.2, 0) is 14.3 Å². The van der Waals surface area contributed by atoms with Crippen molar-refractivity contribution in [3.63, 3.8) is 0 Å². The van der Waals surface area contributed by atoms with Crippen LogP contribution in [0.25, 0.3) is 0 Å². The van der Waals surface area contributed by atoms with E-state index in [2.05, 4.69) is 86.8 Å². The summed E-state index contributed by atoms with van der Waals surface area (Å²) in [6.45, 7) is 6.26. The number of unbranched alkanes of at least 4 members (excludes halogenated alkanes) is 20. The number of hydrogen-bond donors (Lipinski definition) is 3. The molecule has 342 valence electrons. The second kappa shape index (κ2) is 46.8. The minimum atomic E-state index is -0.807. The molecule has 60 heavy (non-hydrogen) atoms. The van der Waals surface area contributed by atoms with Gasteiger partial charge in [0.15, 0.2) is 0 Å². The van der Waals surface area contributed by atoms with Crippen LogP contribution < -0.4 is 5.32 Å². The molecular formula is C54H91NO5. The predicted octanol–water partition coefficient (Wildman–Crippen LogP) is 14.6. The van der Waals surface area contributed by atoms with Gasteiger partial charge in [0.2, 0.25) is 5.91 Å². The molecule has 1 amide bonds. The summed E-state index contributed by atoms with van der Waals surface area (Å²) in [4.78, 5) is 26.1. The first-order valence-electron chi connectivity index (χ1n) is 24.6. The van der Waals surface area contributed by atoms with Gasteiger partial charge in [0.05, 0.1) is 25.2 Å². The van der Waals surface area contributed by atoms with Gasteiger partial charge in [-0.15, -0.1) is 0 Å². The van der Waals surface area contributed by atoms with Crippen LogP contribution in [0.1, 0.15) is 207 Å². The molecule has 0 aromatic heterocycles. The molecule has 0 aliphatic rings. The maximum absolute atomic E-state index is 13.2. The monoisotopic (exact) mass is 834 g/mol. The Balaban J connectivity index is 4.77. The van der Waals surface area contributed by atoms with Gasteiger partial charge >= 0.3 is 5.97 Å². The number of aliphatic hydroxyl groups is 2. The molecule has 3 unspecified atom stereocenters. The molecule has 0 spiro atoms. The third-order valence-electron chi connectivity index (χ3n) is 10.6. The zero-order valence-corrected chi connectivity index (χ0v) is 38.8. The fourth-order valence-corrected chi connectivity index (χ4v) is 6.86. The van der Waals surface area contributed by atoms with Crippen molar-refractivity contribution in [1.29, 1.82) is 0 Å². The topological polar surface area (TPSA) is 95.9 Å². The van der Waals surface area contributed by atoms with Crippen molar-refractivity contribution in [3.05, 3.63) is 97.2 Å². The van der Waals surface area contributed by atoms with Gasteiger partial charge in [-0.3, -0.25) is 9.59 Å². The number of carbonyl (C=O) groups excluding carboxylic acids is 2. The normalized spacial score (nSPS) is 14.2. The van der Waals surface area contributed by atoms with Gasteiger partial charge in [0.1, 0.15) is 6.10 Å². The second-order valence-corrected chi connectivity index (χ2v) is 16.3. The zero-order valence-electron chi connectivity index (χ0n) is 38.8. The van der Waals surface area contributed by atoms with Gasteiger partial charge in [-0.2, -0.15) is 0 Å². The Bertz CT molecular complexity index is 1210. The molecule has 0 saturated heterocycles. The Labute approximate surface area is 369 Å². The summed E-state index contributed by atoms with van der Waals surface area (Å²) in [5.41, 5.74) is 0. The number of amides is 1. The SMILES string of the molecule is CC/C=C/C=C/C=C/C=C\CCCCCCCC(=O)OC(CCCCC/C=C/C=C/C=C/C=C/CCCCC)CC(=O)NC(CO)C(O)CCCCCCCCCCCC. The minimum Gasteiger partial charge on any atom is -0.462 e. The number of carbonyl (C=O) groups is 2. The van der Waals surface area contributed by atoms with Crippen LogP contribution in [0.2, 0.25) is 0 Å². The molecule has 3 atom stereocenters. The summed E-state index contributed by atoms with van der Waals surface area (Å²) in [7, 11) is 0. The van der Waals surface area contributed by atoms with Crippen molar-refractivity contribution in [1.82, 2.24) is 5.32 Å². The third-order valence-corrected chi connectivity index (χ3v) is 10.6. The number of nitrogens with one attached hydrogen (secondary N) is 1. The molecular weight excluding hydrogens is 743 g/mol. The highest BCUT2D eigenvalue weighted by molar-refractivity contribution is 5.77. The third kappa shape index (κ3) is 41.5. The first-order chi connectivity index (χ1) is 29.5. The fourth-order valence-electron chi connectivity index (χ4n) is 6.86. The van der Waals surface area contributed by atoms with Crippen molar-refractivity contribution in [2.75, 3.05) is 6.61 Å². The summed E-state index contributed by atoms with van der Waals surface area (Å²) in [5.74, 6) is -0.549. The Morgan fingerprint density at radius 1 is 0.500 bits per heavy atom. The van der Waals surface area contributed by atoms with E-state index < -0.39 is 18.2 Å². The van der Waals surface area contributed by atoms with E-state index in [4.69, 9.17) is 4.74 Å². The molecule has 3 N–H and O–H groups in total. The lowest BCUT2D eigenvalue weighted by atomic mass is 10.0. The molecule has 0 saturated carbocycles. The van der Waals surface area contributed by atoms with E-state index in [1.54, 1.807) is 0 Å². The predicted molar refractivity (Wildman–Crippen MR) is 259 cm³/mol. The fraction of sp³-hybridized carbons (Fsp3) is 0.667. The molecule has 0 fully saturated rings. The average Bonchev–Trinajstić information content (AvgIpc) is 3.24. The molecule has 0 aromatic carbocycles. The van der Waals surface area contributed by atoms with Crippen molar-refractivity contribution in [2.45, 2.75) is 225 Å². The van der Waals surface area contributed by atoms with Gasteiger partial charge in [0, 0.05) is 6.42 Å². The summed E-state index contributed by atoms with van der Waals surface area (Å²) in [6.07, 6.45) is 61.7. The van der Waals surface area contributed by atoms with Gasteiger partial charge in [-0.05, 0) is 70.6 Å². The summed E-state index contributed by atoms with van der Waals surface area (Å²) >= 11 is 0. The Morgan fingerprint density at radius 3 is 1.42 bits per heavy atom. The molecule has 6 nitrogen and oxygen atoms in total. The first-order valence-corrected chi connectivity index (χ1v) is 24.6. The van der Waals surface area contributed by atoms with Gasteiger partial charge in [-0.25, -0.2) is 0 Å². The van der Waals surface area contributed by atoms with Crippen molar-refractivity contribution < 1.29 is 24.5 Å². The lowest BCUT2D eigenvalue weighted by Crippen LogP contribution is -2.46. The van der Waals surface area contributed by atoms with E-state index in [1.807, 2.05) is 36.5 Å². The largest absolute Gasteiger partial charge is 0.462 e.